The second-order valence-electron chi connectivity index (χ2n) is 5.43. The SMILES string of the molecule is COCCCC(Cc1ccn(C2CCCC2)n1)NN. The second-order valence-corrected chi connectivity index (χ2v) is 5.43. The van der Waals surface area contributed by atoms with Gasteiger partial charge in [0.05, 0.1) is 11.7 Å². The van der Waals surface area contributed by atoms with Crippen molar-refractivity contribution in [3.05, 3.63) is 18.0 Å². The van der Waals surface area contributed by atoms with Gasteiger partial charge in [-0.15, -0.1) is 0 Å². The highest BCUT2D eigenvalue weighted by atomic mass is 16.5. The van der Waals surface area contributed by atoms with Crippen molar-refractivity contribution in [3.63, 3.8) is 0 Å². The van der Waals surface area contributed by atoms with E-state index in [0.717, 1.165) is 31.6 Å². The van der Waals surface area contributed by atoms with Gasteiger partial charge in [-0.2, -0.15) is 5.10 Å². The Labute approximate surface area is 115 Å². The lowest BCUT2D eigenvalue weighted by molar-refractivity contribution is 0.188. The minimum absolute atomic E-state index is 0.280. The van der Waals surface area contributed by atoms with E-state index in [1.54, 1.807) is 7.11 Å². The fraction of sp³-hybridized carbons (Fsp3) is 0.786. The van der Waals surface area contributed by atoms with Gasteiger partial charge in [0.1, 0.15) is 0 Å². The summed E-state index contributed by atoms with van der Waals surface area (Å²) in [6.45, 7) is 0.786. The van der Waals surface area contributed by atoms with E-state index < -0.39 is 0 Å². The molecule has 19 heavy (non-hydrogen) atoms. The molecule has 0 radical (unpaired) electrons. The van der Waals surface area contributed by atoms with Gasteiger partial charge >= 0.3 is 0 Å². The zero-order valence-corrected chi connectivity index (χ0v) is 11.8. The van der Waals surface area contributed by atoms with Gasteiger partial charge in [-0.3, -0.25) is 16.0 Å². The summed E-state index contributed by atoms with van der Waals surface area (Å²) in [7, 11) is 1.73. The molecule has 1 heterocycles. The average molecular weight is 266 g/mol. The summed E-state index contributed by atoms with van der Waals surface area (Å²) in [5, 5.41) is 4.70. The summed E-state index contributed by atoms with van der Waals surface area (Å²) in [4.78, 5) is 0. The third-order valence-corrected chi connectivity index (χ3v) is 3.95. The molecule has 1 aliphatic rings. The molecule has 1 atom stereocenters. The topological polar surface area (TPSA) is 65.1 Å². The lowest BCUT2D eigenvalue weighted by Crippen LogP contribution is -2.37. The molecular weight excluding hydrogens is 240 g/mol. The van der Waals surface area contributed by atoms with Crippen molar-refractivity contribution in [2.24, 2.45) is 5.84 Å². The lowest BCUT2D eigenvalue weighted by Gasteiger charge is -2.14. The van der Waals surface area contributed by atoms with Gasteiger partial charge < -0.3 is 4.74 Å². The molecule has 108 valence electrons. The standard InChI is InChI=1S/C14H26N4O/c1-19-10-4-5-12(16-15)11-13-8-9-18(17-13)14-6-2-3-7-14/h8-9,12,14,16H,2-7,10-11,15H2,1H3. The van der Waals surface area contributed by atoms with Crippen molar-refractivity contribution in [3.8, 4) is 0 Å². The Morgan fingerprint density at radius 1 is 1.53 bits per heavy atom. The Kier molecular flexibility index (Phi) is 5.82. The number of hydrazine groups is 1. The molecule has 3 N–H and O–H groups in total. The predicted molar refractivity (Wildman–Crippen MR) is 75.7 cm³/mol. The fourth-order valence-corrected chi connectivity index (χ4v) is 2.83. The zero-order valence-electron chi connectivity index (χ0n) is 11.8. The van der Waals surface area contributed by atoms with Crippen LogP contribution < -0.4 is 11.3 Å². The molecule has 0 bridgehead atoms. The largest absolute Gasteiger partial charge is 0.385 e. The number of nitrogens with one attached hydrogen (secondary N) is 1. The molecule has 5 heteroatoms. The van der Waals surface area contributed by atoms with Crippen LogP contribution in [0.25, 0.3) is 0 Å². The molecule has 0 saturated heterocycles. The number of hydrogen-bond acceptors (Lipinski definition) is 4. The molecule has 1 unspecified atom stereocenters. The van der Waals surface area contributed by atoms with Gasteiger partial charge in [0.25, 0.3) is 0 Å². The first-order chi connectivity index (χ1) is 9.33. The third-order valence-electron chi connectivity index (χ3n) is 3.95. The molecule has 2 rings (SSSR count). The maximum Gasteiger partial charge on any atom is 0.0640 e. The molecule has 0 amide bonds. The monoisotopic (exact) mass is 266 g/mol. The first-order valence-electron chi connectivity index (χ1n) is 7.32. The maximum atomic E-state index is 5.61. The first-order valence-corrected chi connectivity index (χ1v) is 7.32. The summed E-state index contributed by atoms with van der Waals surface area (Å²) in [5.74, 6) is 5.61. The van der Waals surface area contributed by atoms with Crippen molar-refractivity contribution in [2.75, 3.05) is 13.7 Å². The van der Waals surface area contributed by atoms with Gasteiger partial charge in [0, 0.05) is 32.4 Å². The van der Waals surface area contributed by atoms with Gasteiger partial charge in [-0.25, -0.2) is 0 Å². The molecule has 1 aromatic rings. The van der Waals surface area contributed by atoms with Crippen LogP contribution in [-0.4, -0.2) is 29.5 Å². The van der Waals surface area contributed by atoms with Crippen LogP contribution in [0, 0.1) is 0 Å². The van der Waals surface area contributed by atoms with Gasteiger partial charge in [0.15, 0.2) is 0 Å². The number of methoxy groups -OCH3 is 1. The summed E-state index contributed by atoms with van der Waals surface area (Å²) in [6.07, 6.45) is 10.3. The van der Waals surface area contributed by atoms with Crippen molar-refractivity contribution < 1.29 is 4.74 Å². The van der Waals surface area contributed by atoms with Crippen LogP contribution in [0.4, 0.5) is 0 Å². The quantitative estimate of drug-likeness (QED) is 0.428. The Morgan fingerprint density at radius 2 is 2.32 bits per heavy atom. The van der Waals surface area contributed by atoms with Crippen LogP contribution in [-0.2, 0) is 11.2 Å². The molecule has 1 aliphatic carbocycles. The van der Waals surface area contributed by atoms with E-state index in [1.165, 1.54) is 25.7 Å². The number of hydrogen-bond donors (Lipinski definition) is 2. The highest BCUT2D eigenvalue weighted by molar-refractivity contribution is 5.02. The molecule has 1 saturated carbocycles. The first kappa shape index (κ1) is 14.5. The van der Waals surface area contributed by atoms with Crippen LogP contribution in [0.15, 0.2) is 12.3 Å². The fourth-order valence-electron chi connectivity index (χ4n) is 2.83. The van der Waals surface area contributed by atoms with Crippen molar-refractivity contribution in [1.82, 2.24) is 15.2 Å². The minimum Gasteiger partial charge on any atom is -0.385 e. The summed E-state index contributed by atoms with van der Waals surface area (Å²) >= 11 is 0. The lowest BCUT2D eigenvalue weighted by atomic mass is 10.1. The molecule has 1 fully saturated rings. The Morgan fingerprint density at radius 3 is 3.00 bits per heavy atom. The highest BCUT2D eigenvalue weighted by Gasteiger charge is 2.18. The molecule has 1 aromatic heterocycles. The third kappa shape index (κ3) is 4.30. The number of ether oxygens (including phenoxy) is 1. The van der Waals surface area contributed by atoms with Crippen LogP contribution >= 0.6 is 0 Å². The summed E-state index contributed by atoms with van der Waals surface area (Å²) < 4.78 is 7.21. The molecule has 0 aromatic carbocycles. The molecule has 5 nitrogen and oxygen atoms in total. The van der Waals surface area contributed by atoms with Crippen molar-refractivity contribution in [2.45, 2.75) is 57.0 Å². The second kappa shape index (κ2) is 7.62. The van der Waals surface area contributed by atoms with Gasteiger partial charge in [-0.05, 0) is 31.7 Å². The smallest absolute Gasteiger partial charge is 0.0640 e. The van der Waals surface area contributed by atoms with Gasteiger partial charge in [-0.1, -0.05) is 12.8 Å². The van der Waals surface area contributed by atoms with E-state index in [4.69, 9.17) is 15.7 Å². The predicted octanol–water partition coefficient (Wildman–Crippen LogP) is 1.80. The Balaban J connectivity index is 1.83. The maximum absolute atomic E-state index is 5.61. The van der Waals surface area contributed by atoms with Gasteiger partial charge in [0.2, 0.25) is 0 Å². The van der Waals surface area contributed by atoms with E-state index in [-0.39, 0.29) is 6.04 Å². The van der Waals surface area contributed by atoms with Crippen molar-refractivity contribution >= 4 is 0 Å². The number of aromatic nitrogens is 2. The van der Waals surface area contributed by atoms with Crippen LogP contribution in [0.5, 0.6) is 0 Å². The highest BCUT2D eigenvalue weighted by Crippen LogP contribution is 2.28. The van der Waals surface area contributed by atoms with Crippen LogP contribution in [0.1, 0.15) is 50.3 Å². The Bertz CT molecular complexity index is 360. The number of nitrogens with two attached hydrogens (primary N) is 1. The van der Waals surface area contributed by atoms with E-state index in [0.29, 0.717) is 6.04 Å². The Hall–Kier alpha value is -0.910. The molecule has 0 spiro atoms. The normalized spacial score (nSPS) is 18.0. The van der Waals surface area contributed by atoms with E-state index in [1.807, 2.05) is 0 Å². The van der Waals surface area contributed by atoms with Crippen LogP contribution in [0.2, 0.25) is 0 Å². The van der Waals surface area contributed by atoms with Crippen molar-refractivity contribution in [1.29, 1.82) is 0 Å². The number of nitrogens with zero attached hydrogens (tertiary/aromatic N) is 2. The van der Waals surface area contributed by atoms with Crippen LogP contribution in [0.3, 0.4) is 0 Å². The van der Waals surface area contributed by atoms with E-state index in [2.05, 4.69) is 22.4 Å². The van der Waals surface area contributed by atoms with E-state index in [9.17, 15) is 0 Å². The molecular formula is C14H26N4O. The minimum atomic E-state index is 0.280. The summed E-state index contributed by atoms with van der Waals surface area (Å²) in [6, 6.07) is 3.02. The molecule has 0 aliphatic heterocycles. The average Bonchev–Trinajstić information content (AvgIpc) is 3.08. The summed E-state index contributed by atoms with van der Waals surface area (Å²) in [5.41, 5.74) is 4.02. The zero-order chi connectivity index (χ0) is 13.5. The number of rotatable bonds is 8. The van der Waals surface area contributed by atoms with E-state index >= 15 is 0 Å².